The van der Waals surface area contributed by atoms with Gasteiger partial charge in [0.25, 0.3) is 0 Å². The van der Waals surface area contributed by atoms with Crippen molar-refractivity contribution in [2.45, 2.75) is 6.54 Å². The lowest BCUT2D eigenvalue weighted by atomic mass is 10.2. The minimum absolute atomic E-state index is 0.436. The average molecular weight is 164 g/mol. The highest BCUT2D eigenvalue weighted by molar-refractivity contribution is 5.48. The maximum Gasteiger partial charge on any atom is 0.222 e. The second-order valence-corrected chi connectivity index (χ2v) is 2.26. The molecular formula is C8H12N4. The second-order valence-electron chi connectivity index (χ2n) is 2.26. The molecule has 64 valence electrons. The molecule has 4 heteroatoms. The van der Waals surface area contributed by atoms with E-state index < -0.39 is 0 Å². The molecule has 0 radical (unpaired) electrons. The van der Waals surface area contributed by atoms with Crippen molar-refractivity contribution in [3.63, 3.8) is 0 Å². The molecule has 1 rings (SSSR count). The molecule has 0 spiro atoms. The summed E-state index contributed by atoms with van der Waals surface area (Å²) < 4.78 is 0. The zero-order valence-corrected chi connectivity index (χ0v) is 7.04. The van der Waals surface area contributed by atoms with Crippen LogP contribution in [0.15, 0.2) is 12.8 Å². The van der Waals surface area contributed by atoms with Crippen LogP contribution in [0.1, 0.15) is 11.3 Å². The number of nitrogens with one attached hydrogen (secondary N) is 1. The number of hydrogen-bond donors (Lipinski definition) is 2. The van der Waals surface area contributed by atoms with Crippen LogP contribution in [-0.4, -0.2) is 17.0 Å². The molecule has 0 bridgehead atoms. The van der Waals surface area contributed by atoms with Gasteiger partial charge in [0.05, 0.1) is 5.69 Å². The van der Waals surface area contributed by atoms with Crippen molar-refractivity contribution >= 4 is 12.0 Å². The summed E-state index contributed by atoms with van der Waals surface area (Å²) in [6.07, 6.45) is 3.38. The Labute approximate surface area is 71.5 Å². The van der Waals surface area contributed by atoms with Gasteiger partial charge >= 0.3 is 0 Å². The molecule has 0 unspecified atom stereocenters. The van der Waals surface area contributed by atoms with Crippen molar-refractivity contribution in [3.05, 3.63) is 24.0 Å². The highest BCUT2D eigenvalue weighted by Gasteiger charge is 2.00. The van der Waals surface area contributed by atoms with E-state index in [-0.39, 0.29) is 0 Å². The van der Waals surface area contributed by atoms with Crippen molar-refractivity contribution in [3.8, 4) is 0 Å². The van der Waals surface area contributed by atoms with E-state index in [2.05, 4.69) is 21.9 Å². The fourth-order valence-electron chi connectivity index (χ4n) is 0.874. The summed E-state index contributed by atoms with van der Waals surface area (Å²) in [5, 5.41) is 2.84. The maximum atomic E-state index is 5.47. The highest BCUT2D eigenvalue weighted by atomic mass is 15.1. The van der Waals surface area contributed by atoms with Crippen molar-refractivity contribution in [2.75, 3.05) is 12.4 Å². The highest BCUT2D eigenvalue weighted by Crippen LogP contribution is 2.07. The SMILES string of the molecule is C=Cc1nc(NC)ncc1CN. The summed E-state index contributed by atoms with van der Waals surface area (Å²) in [5.41, 5.74) is 7.16. The predicted molar refractivity (Wildman–Crippen MR) is 49.6 cm³/mol. The molecule has 12 heavy (non-hydrogen) atoms. The largest absolute Gasteiger partial charge is 0.357 e. The van der Waals surface area contributed by atoms with Gasteiger partial charge in [-0.15, -0.1) is 0 Å². The first-order chi connectivity index (χ1) is 5.81. The van der Waals surface area contributed by atoms with Crippen LogP contribution in [0.5, 0.6) is 0 Å². The monoisotopic (exact) mass is 164 g/mol. The topological polar surface area (TPSA) is 63.8 Å². The quantitative estimate of drug-likeness (QED) is 0.687. The van der Waals surface area contributed by atoms with E-state index in [4.69, 9.17) is 5.73 Å². The third kappa shape index (κ3) is 1.60. The first kappa shape index (κ1) is 8.67. The zero-order chi connectivity index (χ0) is 8.97. The van der Waals surface area contributed by atoms with Crippen LogP contribution in [0.3, 0.4) is 0 Å². The van der Waals surface area contributed by atoms with Crippen LogP contribution >= 0.6 is 0 Å². The molecule has 0 aliphatic rings. The number of hydrogen-bond acceptors (Lipinski definition) is 4. The van der Waals surface area contributed by atoms with Crippen molar-refractivity contribution in [1.82, 2.24) is 9.97 Å². The number of anilines is 1. The Morgan fingerprint density at radius 1 is 1.75 bits per heavy atom. The van der Waals surface area contributed by atoms with Gasteiger partial charge in [-0.2, -0.15) is 0 Å². The Morgan fingerprint density at radius 3 is 3.00 bits per heavy atom. The molecule has 4 nitrogen and oxygen atoms in total. The van der Waals surface area contributed by atoms with E-state index in [9.17, 15) is 0 Å². The first-order valence-corrected chi connectivity index (χ1v) is 3.68. The van der Waals surface area contributed by atoms with Crippen molar-refractivity contribution in [1.29, 1.82) is 0 Å². The van der Waals surface area contributed by atoms with Gasteiger partial charge in [-0.1, -0.05) is 6.58 Å². The fraction of sp³-hybridized carbons (Fsp3) is 0.250. The maximum absolute atomic E-state index is 5.47. The second kappa shape index (κ2) is 3.82. The Bertz CT molecular complexity index is 282. The molecule has 3 N–H and O–H groups in total. The Balaban J connectivity index is 3.10. The molecule has 1 aromatic rings. The summed E-state index contributed by atoms with van der Waals surface area (Å²) in [5.74, 6) is 0.585. The number of aromatic nitrogens is 2. The van der Waals surface area contributed by atoms with Gasteiger partial charge in [0.1, 0.15) is 0 Å². The average Bonchev–Trinajstić information content (AvgIpc) is 2.16. The van der Waals surface area contributed by atoms with Gasteiger partial charge in [-0.05, 0) is 6.08 Å². The van der Waals surface area contributed by atoms with Crippen LogP contribution in [0.2, 0.25) is 0 Å². The van der Waals surface area contributed by atoms with Crippen LogP contribution < -0.4 is 11.1 Å². The van der Waals surface area contributed by atoms with Crippen LogP contribution in [0, 0.1) is 0 Å². The number of rotatable bonds is 3. The molecule has 0 fully saturated rings. The molecule has 0 aliphatic heterocycles. The molecular weight excluding hydrogens is 152 g/mol. The number of nitrogens with zero attached hydrogens (tertiary/aromatic N) is 2. The van der Waals surface area contributed by atoms with E-state index in [1.807, 2.05) is 0 Å². The van der Waals surface area contributed by atoms with Gasteiger partial charge < -0.3 is 11.1 Å². The minimum Gasteiger partial charge on any atom is -0.357 e. The predicted octanol–water partition coefficient (Wildman–Crippen LogP) is 0.620. The van der Waals surface area contributed by atoms with E-state index in [0.29, 0.717) is 12.5 Å². The molecule has 1 aromatic heterocycles. The summed E-state index contributed by atoms with van der Waals surface area (Å²) in [6, 6.07) is 0. The summed E-state index contributed by atoms with van der Waals surface area (Å²) in [6.45, 7) is 4.08. The Morgan fingerprint density at radius 2 is 2.50 bits per heavy atom. The Kier molecular flexibility index (Phi) is 2.76. The van der Waals surface area contributed by atoms with Crippen LogP contribution in [0.25, 0.3) is 6.08 Å². The van der Waals surface area contributed by atoms with Gasteiger partial charge in [-0.3, -0.25) is 0 Å². The molecule has 0 saturated heterocycles. The molecule has 1 heterocycles. The van der Waals surface area contributed by atoms with Gasteiger partial charge in [0, 0.05) is 25.4 Å². The van der Waals surface area contributed by atoms with Gasteiger partial charge in [-0.25, -0.2) is 9.97 Å². The number of nitrogens with two attached hydrogens (primary N) is 1. The first-order valence-electron chi connectivity index (χ1n) is 3.68. The third-order valence-electron chi connectivity index (χ3n) is 1.53. The summed E-state index contributed by atoms with van der Waals surface area (Å²) >= 11 is 0. The third-order valence-corrected chi connectivity index (χ3v) is 1.53. The van der Waals surface area contributed by atoms with E-state index in [1.165, 1.54) is 0 Å². The molecule has 0 amide bonds. The lowest BCUT2D eigenvalue weighted by Crippen LogP contribution is -2.04. The van der Waals surface area contributed by atoms with Crippen LogP contribution in [0.4, 0.5) is 5.95 Å². The lowest BCUT2D eigenvalue weighted by molar-refractivity contribution is 0.998. The normalized spacial score (nSPS) is 9.50. The fourth-order valence-corrected chi connectivity index (χ4v) is 0.874. The van der Waals surface area contributed by atoms with Gasteiger partial charge in [0.15, 0.2) is 0 Å². The zero-order valence-electron chi connectivity index (χ0n) is 7.04. The molecule has 0 aliphatic carbocycles. The van der Waals surface area contributed by atoms with Crippen molar-refractivity contribution in [2.24, 2.45) is 5.73 Å². The van der Waals surface area contributed by atoms with E-state index in [0.717, 1.165) is 11.3 Å². The van der Waals surface area contributed by atoms with E-state index in [1.54, 1.807) is 19.3 Å². The lowest BCUT2D eigenvalue weighted by Gasteiger charge is -2.03. The van der Waals surface area contributed by atoms with Crippen LogP contribution in [-0.2, 0) is 6.54 Å². The summed E-state index contributed by atoms with van der Waals surface area (Å²) in [4.78, 5) is 8.19. The van der Waals surface area contributed by atoms with Crippen molar-refractivity contribution < 1.29 is 0 Å². The molecule has 0 saturated carbocycles. The summed E-state index contributed by atoms with van der Waals surface area (Å²) in [7, 11) is 1.77. The standard InChI is InChI=1S/C8H12N4/c1-3-7-6(4-9)5-11-8(10-2)12-7/h3,5H,1,4,9H2,2H3,(H,10,11,12). The Hall–Kier alpha value is -1.42. The smallest absolute Gasteiger partial charge is 0.222 e. The molecule has 0 aromatic carbocycles. The van der Waals surface area contributed by atoms with E-state index >= 15 is 0 Å². The van der Waals surface area contributed by atoms with Gasteiger partial charge in [0.2, 0.25) is 5.95 Å². The minimum atomic E-state index is 0.436. The molecule has 0 atom stereocenters.